The first-order chi connectivity index (χ1) is 8.93. The zero-order valence-corrected chi connectivity index (χ0v) is 14.4. The molecule has 0 saturated heterocycles. The topological polar surface area (TPSA) is 15.3 Å². The number of nitrogens with zero attached hydrogens (tertiary/aromatic N) is 1. The molecule has 0 fully saturated rings. The van der Waals surface area contributed by atoms with Gasteiger partial charge in [-0.1, -0.05) is 48.8 Å². The number of rotatable bonds is 7. The molecule has 19 heavy (non-hydrogen) atoms. The van der Waals surface area contributed by atoms with E-state index < -0.39 is 0 Å². The molecule has 0 bridgehead atoms. The molecule has 1 N–H and O–H groups in total. The lowest BCUT2D eigenvalue weighted by atomic mass is 9.98. The molecule has 0 aliphatic rings. The molecular weight excluding hydrogens is 300 g/mol. The standard InChI is InChI=1S/C16H27BrN2/c1-6-15(13-8-7-9-14(17)10-13)18-16(12(2)3)11-19(4)5/h7-10,12,15-16,18H,6,11H2,1-5H3. The monoisotopic (exact) mass is 326 g/mol. The maximum absolute atomic E-state index is 3.82. The molecule has 0 radical (unpaired) electrons. The molecule has 0 spiro atoms. The van der Waals surface area contributed by atoms with Crippen molar-refractivity contribution in [1.29, 1.82) is 0 Å². The first-order valence-electron chi connectivity index (χ1n) is 7.10. The van der Waals surface area contributed by atoms with Gasteiger partial charge in [0.25, 0.3) is 0 Å². The highest BCUT2D eigenvalue weighted by molar-refractivity contribution is 9.10. The van der Waals surface area contributed by atoms with Gasteiger partial charge in [-0.05, 0) is 44.1 Å². The van der Waals surface area contributed by atoms with E-state index in [1.165, 1.54) is 5.56 Å². The molecule has 0 aliphatic carbocycles. The van der Waals surface area contributed by atoms with E-state index in [0.717, 1.165) is 17.4 Å². The SMILES string of the molecule is CCC(NC(CN(C)C)C(C)C)c1cccc(Br)c1. The van der Waals surface area contributed by atoms with Crippen molar-refractivity contribution in [1.82, 2.24) is 10.2 Å². The van der Waals surface area contributed by atoms with Gasteiger partial charge in [0, 0.05) is 23.1 Å². The second kappa shape index (κ2) is 8.03. The minimum atomic E-state index is 0.421. The summed E-state index contributed by atoms with van der Waals surface area (Å²) in [5, 5.41) is 3.82. The molecule has 2 nitrogen and oxygen atoms in total. The number of hydrogen-bond acceptors (Lipinski definition) is 2. The van der Waals surface area contributed by atoms with Gasteiger partial charge in [0.15, 0.2) is 0 Å². The highest BCUT2D eigenvalue weighted by Crippen LogP contribution is 2.22. The van der Waals surface area contributed by atoms with Crippen LogP contribution in [0.5, 0.6) is 0 Å². The molecule has 0 aromatic heterocycles. The first-order valence-corrected chi connectivity index (χ1v) is 7.89. The molecule has 1 rings (SSSR count). The van der Waals surface area contributed by atoms with Crippen molar-refractivity contribution in [3.63, 3.8) is 0 Å². The van der Waals surface area contributed by atoms with E-state index in [4.69, 9.17) is 0 Å². The summed E-state index contributed by atoms with van der Waals surface area (Å²) in [5.41, 5.74) is 1.36. The molecule has 0 aliphatic heterocycles. The predicted molar refractivity (Wildman–Crippen MR) is 87.5 cm³/mol. The van der Waals surface area contributed by atoms with E-state index in [1.807, 2.05) is 0 Å². The molecule has 3 heteroatoms. The van der Waals surface area contributed by atoms with Gasteiger partial charge in [-0.25, -0.2) is 0 Å². The van der Waals surface area contributed by atoms with Crippen molar-refractivity contribution in [3.05, 3.63) is 34.3 Å². The van der Waals surface area contributed by atoms with Crippen molar-refractivity contribution >= 4 is 15.9 Å². The van der Waals surface area contributed by atoms with E-state index in [9.17, 15) is 0 Å². The lowest BCUT2D eigenvalue weighted by molar-refractivity contribution is 0.267. The lowest BCUT2D eigenvalue weighted by Gasteiger charge is -2.30. The summed E-state index contributed by atoms with van der Waals surface area (Å²) in [6, 6.07) is 9.55. The Hall–Kier alpha value is -0.380. The van der Waals surface area contributed by atoms with Gasteiger partial charge >= 0.3 is 0 Å². The van der Waals surface area contributed by atoms with E-state index in [0.29, 0.717) is 18.0 Å². The molecule has 1 aromatic carbocycles. The van der Waals surface area contributed by atoms with Crippen LogP contribution in [0.3, 0.4) is 0 Å². The van der Waals surface area contributed by atoms with Crippen molar-refractivity contribution in [2.75, 3.05) is 20.6 Å². The Bertz CT molecular complexity index is 377. The van der Waals surface area contributed by atoms with Crippen LogP contribution in [0.2, 0.25) is 0 Å². The van der Waals surface area contributed by atoms with Crippen LogP contribution in [0.15, 0.2) is 28.7 Å². The molecule has 2 atom stereocenters. The fraction of sp³-hybridized carbons (Fsp3) is 0.625. The molecule has 0 heterocycles. The van der Waals surface area contributed by atoms with E-state index in [1.54, 1.807) is 0 Å². The normalized spacial score (nSPS) is 14.9. The average Bonchev–Trinajstić information content (AvgIpc) is 2.33. The molecule has 1 aromatic rings. The van der Waals surface area contributed by atoms with Gasteiger partial charge in [-0.15, -0.1) is 0 Å². The summed E-state index contributed by atoms with van der Waals surface area (Å²) < 4.78 is 1.15. The number of likely N-dealkylation sites (N-methyl/N-ethyl adjacent to an activating group) is 1. The van der Waals surface area contributed by atoms with Crippen LogP contribution in [-0.2, 0) is 0 Å². The molecular formula is C16H27BrN2. The number of nitrogens with one attached hydrogen (secondary N) is 1. The fourth-order valence-electron chi connectivity index (χ4n) is 2.28. The van der Waals surface area contributed by atoms with Crippen LogP contribution in [0, 0.1) is 5.92 Å². The summed E-state index contributed by atoms with van der Waals surface area (Å²) >= 11 is 3.56. The van der Waals surface area contributed by atoms with Crippen molar-refractivity contribution in [2.24, 2.45) is 5.92 Å². The number of halogens is 1. The van der Waals surface area contributed by atoms with Gasteiger partial charge in [0.05, 0.1) is 0 Å². The fourth-order valence-corrected chi connectivity index (χ4v) is 2.70. The van der Waals surface area contributed by atoms with Gasteiger partial charge in [0.1, 0.15) is 0 Å². The smallest absolute Gasteiger partial charge is 0.0321 e. The Balaban J connectivity index is 2.79. The summed E-state index contributed by atoms with van der Waals surface area (Å²) in [5.74, 6) is 0.628. The molecule has 2 unspecified atom stereocenters. The Kier molecular flexibility index (Phi) is 7.05. The molecule has 0 amide bonds. The summed E-state index contributed by atoms with van der Waals surface area (Å²) in [4.78, 5) is 2.26. The lowest BCUT2D eigenvalue weighted by Crippen LogP contribution is -2.43. The third-order valence-electron chi connectivity index (χ3n) is 3.44. The predicted octanol–water partition coefficient (Wildman–Crippen LogP) is 4.08. The van der Waals surface area contributed by atoms with Crippen molar-refractivity contribution in [3.8, 4) is 0 Å². The zero-order chi connectivity index (χ0) is 14.4. The third-order valence-corrected chi connectivity index (χ3v) is 3.93. The van der Waals surface area contributed by atoms with E-state index in [2.05, 4.69) is 85.3 Å². The second-order valence-electron chi connectivity index (χ2n) is 5.80. The summed E-state index contributed by atoms with van der Waals surface area (Å²) in [6.07, 6.45) is 1.10. The maximum Gasteiger partial charge on any atom is 0.0321 e. The highest BCUT2D eigenvalue weighted by Gasteiger charge is 2.19. The van der Waals surface area contributed by atoms with Gasteiger partial charge in [0.2, 0.25) is 0 Å². The van der Waals surface area contributed by atoms with Crippen LogP contribution in [-0.4, -0.2) is 31.6 Å². The highest BCUT2D eigenvalue weighted by atomic mass is 79.9. The van der Waals surface area contributed by atoms with Crippen molar-refractivity contribution < 1.29 is 0 Å². The van der Waals surface area contributed by atoms with Crippen LogP contribution < -0.4 is 5.32 Å². The quantitative estimate of drug-likeness (QED) is 0.812. The van der Waals surface area contributed by atoms with Gasteiger partial charge in [-0.2, -0.15) is 0 Å². The summed E-state index contributed by atoms with van der Waals surface area (Å²) in [7, 11) is 4.27. The van der Waals surface area contributed by atoms with E-state index >= 15 is 0 Å². The largest absolute Gasteiger partial charge is 0.308 e. The third kappa shape index (κ3) is 5.64. The molecule has 108 valence electrons. The van der Waals surface area contributed by atoms with Crippen LogP contribution >= 0.6 is 15.9 Å². The maximum atomic E-state index is 3.82. The Labute approximate surface area is 126 Å². The Morgan fingerprint density at radius 3 is 2.42 bits per heavy atom. The number of hydrogen-bond donors (Lipinski definition) is 1. The Morgan fingerprint density at radius 2 is 1.95 bits per heavy atom. The van der Waals surface area contributed by atoms with Crippen LogP contribution in [0.1, 0.15) is 38.8 Å². The summed E-state index contributed by atoms with van der Waals surface area (Å²) in [6.45, 7) is 7.89. The first kappa shape index (κ1) is 16.7. The number of benzene rings is 1. The van der Waals surface area contributed by atoms with Crippen molar-refractivity contribution in [2.45, 2.75) is 39.3 Å². The average molecular weight is 327 g/mol. The van der Waals surface area contributed by atoms with Crippen LogP contribution in [0.4, 0.5) is 0 Å². The van der Waals surface area contributed by atoms with Crippen LogP contribution in [0.25, 0.3) is 0 Å². The van der Waals surface area contributed by atoms with Gasteiger partial charge in [-0.3, -0.25) is 0 Å². The zero-order valence-electron chi connectivity index (χ0n) is 12.8. The second-order valence-corrected chi connectivity index (χ2v) is 6.71. The van der Waals surface area contributed by atoms with Gasteiger partial charge < -0.3 is 10.2 Å². The minimum absolute atomic E-state index is 0.421. The van der Waals surface area contributed by atoms with E-state index in [-0.39, 0.29) is 0 Å². The Morgan fingerprint density at radius 1 is 1.26 bits per heavy atom. The minimum Gasteiger partial charge on any atom is -0.308 e. The molecule has 0 saturated carbocycles.